The van der Waals surface area contributed by atoms with Gasteiger partial charge in [0.25, 0.3) is 0 Å². The largest absolute Gasteiger partial charge is 0.382 e. The summed E-state index contributed by atoms with van der Waals surface area (Å²) in [6.07, 6.45) is 4.84. The number of aromatic amines is 1. The van der Waals surface area contributed by atoms with Crippen LogP contribution in [0.2, 0.25) is 0 Å². The first-order valence-corrected chi connectivity index (χ1v) is 4.72. The van der Waals surface area contributed by atoms with E-state index in [0.29, 0.717) is 17.3 Å². The number of aromatic nitrogens is 6. The first kappa shape index (κ1) is 8.84. The van der Waals surface area contributed by atoms with Crippen LogP contribution in [0.3, 0.4) is 0 Å². The average molecular weight is 215 g/mol. The number of nitrogens with one attached hydrogen (secondary N) is 1. The Hall–Kier alpha value is -2.44. The van der Waals surface area contributed by atoms with Gasteiger partial charge < -0.3 is 10.7 Å². The number of hydrogen-bond donors (Lipinski definition) is 2. The van der Waals surface area contributed by atoms with Crippen LogP contribution >= 0.6 is 0 Å². The summed E-state index contributed by atoms with van der Waals surface area (Å²) in [7, 11) is 0. The maximum Gasteiger partial charge on any atom is 0.182 e. The smallest absolute Gasteiger partial charge is 0.182 e. The summed E-state index contributed by atoms with van der Waals surface area (Å²) >= 11 is 0. The van der Waals surface area contributed by atoms with Crippen LogP contribution in [-0.2, 0) is 0 Å². The molecule has 0 aliphatic rings. The quantitative estimate of drug-likeness (QED) is 0.613. The zero-order chi connectivity index (χ0) is 11.1. The van der Waals surface area contributed by atoms with Crippen molar-refractivity contribution in [1.82, 2.24) is 29.7 Å². The van der Waals surface area contributed by atoms with E-state index in [4.69, 9.17) is 5.73 Å². The van der Waals surface area contributed by atoms with Gasteiger partial charge in [-0.2, -0.15) is 0 Å². The zero-order valence-electron chi connectivity index (χ0n) is 8.55. The van der Waals surface area contributed by atoms with Gasteiger partial charge in [-0.15, -0.1) is 5.10 Å². The highest BCUT2D eigenvalue weighted by atomic mass is 15.3. The van der Waals surface area contributed by atoms with E-state index >= 15 is 0 Å². The predicted molar refractivity (Wildman–Crippen MR) is 58.0 cm³/mol. The molecule has 7 heteroatoms. The van der Waals surface area contributed by atoms with Crippen molar-refractivity contribution in [2.24, 2.45) is 0 Å². The number of aryl methyl sites for hydroxylation is 1. The van der Waals surface area contributed by atoms with Gasteiger partial charge in [-0.3, -0.25) is 0 Å². The third kappa shape index (κ3) is 1.14. The Bertz CT molecular complexity index is 631. The molecule has 3 aromatic heterocycles. The van der Waals surface area contributed by atoms with Crippen molar-refractivity contribution in [3.63, 3.8) is 0 Å². The predicted octanol–water partition coefficient (Wildman–Crippen LogP) is 0.429. The van der Waals surface area contributed by atoms with E-state index in [9.17, 15) is 0 Å². The molecule has 0 spiro atoms. The van der Waals surface area contributed by atoms with E-state index in [-0.39, 0.29) is 0 Å². The summed E-state index contributed by atoms with van der Waals surface area (Å²) in [6.45, 7) is 1.89. The minimum absolute atomic E-state index is 0.492. The molecule has 7 nitrogen and oxygen atoms in total. The van der Waals surface area contributed by atoms with Gasteiger partial charge >= 0.3 is 0 Å². The lowest BCUT2D eigenvalue weighted by Gasteiger charge is -1.99. The molecule has 0 saturated heterocycles. The van der Waals surface area contributed by atoms with Gasteiger partial charge in [0.15, 0.2) is 11.5 Å². The maximum atomic E-state index is 5.70. The molecule has 80 valence electrons. The molecule has 3 N–H and O–H groups in total. The van der Waals surface area contributed by atoms with E-state index in [0.717, 1.165) is 11.1 Å². The molecule has 0 atom stereocenters. The highest BCUT2D eigenvalue weighted by Crippen LogP contribution is 2.16. The Balaban J connectivity index is 2.29. The average Bonchev–Trinajstić information content (AvgIpc) is 2.85. The Kier molecular flexibility index (Phi) is 1.67. The minimum Gasteiger partial charge on any atom is -0.382 e. The first-order valence-electron chi connectivity index (χ1n) is 4.72. The van der Waals surface area contributed by atoms with Crippen LogP contribution < -0.4 is 5.73 Å². The summed E-state index contributed by atoms with van der Waals surface area (Å²) in [4.78, 5) is 15.2. The van der Waals surface area contributed by atoms with E-state index in [1.165, 1.54) is 6.33 Å². The summed E-state index contributed by atoms with van der Waals surface area (Å²) in [6, 6.07) is 0. The fraction of sp³-hybridized carbons (Fsp3) is 0.111. The highest BCUT2D eigenvalue weighted by Gasteiger charge is 2.10. The molecule has 0 fully saturated rings. The maximum absolute atomic E-state index is 5.70. The SMILES string of the molecule is Cc1cn(-c2ncnc3nc[nH]c23)nc1N. The van der Waals surface area contributed by atoms with Crippen LogP contribution in [-0.4, -0.2) is 29.7 Å². The topological polar surface area (TPSA) is 98.3 Å². The molecule has 16 heavy (non-hydrogen) atoms. The van der Waals surface area contributed by atoms with Crippen molar-refractivity contribution >= 4 is 17.0 Å². The van der Waals surface area contributed by atoms with Crippen LogP contribution in [0.15, 0.2) is 18.9 Å². The van der Waals surface area contributed by atoms with Crippen LogP contribution in [0, 0.1) is 6.92 Å². The monoisotopic (exact) mass is 215 g/mol. The van der Waals surface area contributed by atoms with Crippen molar-refractivity contribution < 1.29 is 0 Å². The molecule has 0 aliphatic heterocycles. The third-order valence-corrected chi connectivity index (χ3v) is 2.36. The van der Waals surface area contributed by atoms with Gasteiger partial charge in [0.1, 0.15) is 17.7 Å². The lowest BCUT2D eigenvalue weighted by atomic mass is 10.4. The second-order valence-electron chi connectivity index (χ2n) is 3.44. The fourth-order valence-electron chi connectivity index (χ4n) is 1.51. The number of anilines is 1. The summed E-state index contributed by atoms with van der Waals surface area (Å²) < 4.78 is 1.62. The van der Waals surface area contributed by atoms with E-state index < -0.39 is 0 Å². The van der Waals surface area contributed by atoms with Crippen LogP contribution in [0.25, 0.3) is 17.0 Å². The molecule has 3 heterocycles. The van der Waals surface area contributed by atoms with Gasteiger partial charge in [0.2, 0.25) is 0 Å². The Morgan fingerprint density at radius 1 is 1.31 bits per heavy atom. The number of H-pyrrole nitrogens is 1. The number of nitrogens with zero attached hydrogens (tertiary/aromatic N) is 5. The third-order valence-electron chi connectivity index (χ3n) is 2.36. The highest BCUT2D eigenvalue weighted by molar-refractivity contribution is 5.77. The number of fused-ring (bicyclic) bond motifs is 1. The minimum atomic E-state index is 0.492. The molecule has 3 aromatic rings. The number of imidazole rings is 1. The Labute approximate surface area is 90.4 Å². The molecular weight excluding hydrogens is 206 g/mol. The second-order valence-corrected chi connectivity index (χ2v) is 3.44. The van der Waals surface area contributed by atoms with Crippen LogP contribution in [0.5, 0.6) is 0 Å². The molecule has 0 aromatic carbocycles. The van der Waals surface area contributed by atoms with Gasteiger partial charge in [-0.1, -0.05) is 0 Å². The number of rotatable bonds is 1. The van der Waals surface area contributed by atoms with Gasteiger partial charge in [0.05, 0.1) is 6.33 Å². The summed E-state index contributed by atoms with van der Waals surface area (Å²) in [5, 5.41) is 4.17. The number of hydrogen-bond acceptors (Lipinski definition) is 5. The van der Waals surface area contributed by atoms with Crippen molar-refractivity contribution in [3.05, 3.63) is 24.4 Å². The lowest BCUT2D eigenvalue weighted by Crippen LogP contribution is -2.01. The van der Waals surface area contributed by atoms with Crippen molar-refractivity contribution in [1.29, 1.82) is 0 Å². The van der Waals surface area contributed by atoms with Crippen molar-refractivity contribution in [2.75, 3.05) is 5.73 Å². The molecule has 0 amide bonds. The molecule has 0 aliphatic carbocycles. The first-order chi connectivity index (χ1) is 7.75. The molecule has 0 unspecified atom stereocenters. The fourth-order valence-corrected chi connectivity index (χ4v) is 1.51. The van der Waals surface area contributed by atoms with E-state index in [2.05, 4.69) is 25.0 Å². The lowest BCUT2D eigenvalue weighted by molar-refractivity contribution is 0.852. The van der Waals surface area contributed by atoms with Gasteiger partial charge in [0, 0.05) is 11.8 Å². The molecule has 0 saturated carbocycles. The van der Waals surface area contributed by atoms with Gasteiger partial charge in [-0.05, 0) is 6.92 Å². The Morgan fingerprint density at radius 3 is 2.94 bits per heavy atom. The van der Waals surface area contributed by atoms with Crippen molar-refractivity contribution in [2.45, 2.75) is 6.92 Å². The van der Waals surface area contributed by atoms with Crippen LogP contribution in [0.4, 0.5) is 5.82 Å². The second kappa shape index (κ2) is 3.02. The molecule has 0 bridgehead atoms. The summed E-state index contributed by atoms with van der Waals surface area (Å²) in [5.41, 5.74) is 7.95. The van der Waals surface area contributed by atoms with Gasteiger partial charge in [-0.25, -0.2) is 19.6 Å². The van der Waals surface area contributed by atoms with E-state index in [1.807, 2.05) is 13.1 Å². The normalized spacial score (nSPS) is 11.1. The number of nitrogen functional groups attached to an aromatic ring is 1. The van der Waals surface area contributed by atoms with Crippen molar-refractivity contribution in [3.8, 4) is 5.82 Å². The zero-order valence-corrected chi connectivity index (χ0v) is 8.55. The molecule has 0 radical (unpaired) electrons. The molecule has 3 rings (SSSR count). The van der Waals surface area contributed by atoms with E-state index in [1.54, 1.807) is 11.0 Å². The Morgan fingerprint density at radius 2 is 2.19 bits per heavy atom. The standard InChI is InChI=1S/C9H9N7/c1-5-2-16(15-7(5)10)9-6-8(12-3-11-6)13-4-14-9/h2-4H,1H3,(H2,10,15)(H,11,12,13,14). The summed E-state index contributed by atoms with van der Waals surface area (Å²) in [5.74, 6) is 1.13. The van der Waals surface area contributed by atoms with Crippen LogP contribution in [0.1, 0.15) is 5.56 Å². The number of nitrogens with two attached hydrogens (primary N) is 1. The molecular formula is C9H9N7.